The van der Waals surface area contributed by atoms with E-state index in [9.17, 15) is 0 Å². The van der Waals surface area contributed by atoms with Crippen LogP contribution in [0.1, 0.15) is 30.7 Å². The summed E-state index contributed by atoms with van der Waals surface area (Å²) in [4.78, 5) is 0. The van der Waals surface area contributed by atoms with E-state index < -0.39 is 0 Å². The van der Waals surface area contributed by atoms with E-state index in [1.807, 2.05) is 12.1 Å². The maximum Gasteiger partial charge on any atom is 0.0406 e. The summed E-state index contributed by atoms with van der Waals surface area (Å²) >= 11 is 5.89. The third-order valence-electron chi connectivity index (χ3n) is 3.95. The van der Waals surface area contributed by atoms with Gasteiger partial charge in [0.05, 0.1) is 0 Å². The van der Waals surface area contributed by atoms with Crippen LogP contribution >= 0.6 is 11.6 Å². The second-order valence-electron chi connectivity index (χ2n) is 4.83. The van der Waals surface area contributed by atoms with Crippen LogP contribution in [0.3, 0.4) is 0 Å². The first-order chi connectivity index (χ1) is 7.20. The zero-order valence-corrected chi connectivity index (χ0v) is 9.37. The molecule has 3 atom stereocenters. The summed E-state index contributed by atoms with van der Waals surface area (Å²) in [6.45, 7) is 0. The van der Waals surface area contributed by atoms with E-state index in [0.717, 1.165) is 5.02 Å². The molecule has 0 bridgehead atoms. The number of nitrogens with two attached hydrogens (primary N) is 1. The Labute approximate surface area is 95.6 Å². The van der Waals surface area contributed by atoms with Crippen molar-refractivity contribution < 1.29 is 0 Å². The average Bonchev–Trinajstić information content (AvgIpc) is 3.02. The van der Waals surface area contributed by atoms with Gasteiger partial charge in [-0.2, -0.15) is 0 Å². The molecular formula is C13H15ClN. The lowest BCUT2D eigenvalue weighted by atomic mass is 9.62. The Bertz CT molecular complexity index is 369. The molecule has 2 heteroatoms. The molecule has 0 aromatic heterocycles. The van der Waals surface area contributed by atoms with Gasteiger partial charge in [-0.05, 0) is 49.3 Å². The van der Waals surface area contributed by atoms with Crippen molar-refractivity contribution >= 4 is 11.6 Å². The highest BCUT2D eigenvalue weighted by Crippen LogP contribution is 2.55. The van der Waals surface area contributed by atoms with Crippen molar-refractivity contribution in [3.8, 4) is 0 Å². The predicted molar refractivity (Wildman–Crippen MR) is 62.8 cm³/mol. The van der Waals surface area contributed by atoms with E-state index in [4.69, 9.17) is 17.3 Å². The van der Waals surface area contributed by atoms with Gasteiger partial charge in [-0.15, -0.1) is 0 Å². The Morgan fingerprint density at radius 1 is 1.27 bits per heavy atom. The van der Waals surface area contributed by atoms with Crippen LogP contribution < -0.4 is 5.73 Å². The van der Waals surface area contributed by atoms with E-state index >= 15 is 0 Å². The van der Waals surface area contributed by atoms with E-state index in [1.54, 1.807) is 0 Å². The molecule has 2 aliphatic carbocycles. The minimum atomic E-state index is 0.0494. The third kappa shape index (κ3) is 1.49. The molecule has 15 heavy (non-hydrogen) atoms. The Morgan fingerprint density at radius 2 is 1.93 bits per heavy atom. The summed E-state index contributed by atoms with van der Waals surface area (Å²) in [5.74, 6) is 1.20. The molecule has 1 aromatic rings. The van der Waals surface area contributed by atoms with Gasteiger partial charge in [0.15, 0.2) is 0 Å². The summed E-state index contributed by atoms with van der Waals surface area (Å²) in [5.41, 5.74) is 7.86. The fraction of sp³-hybridized carbons (Fsp3) is 0.462. The summed E-state index contributed by atoms with van der Waals surface area (Å²) < 4.78 is 0. The lowest BCUT2D eigenvalue weighted by Crippen LogP contribution is -2.55. The van der Waals surface area contributed by atoms with Crippen LogP contribution in [0.4, 0.5) is 0 Å². The highest BCUT2D eigenvalue weighted by molar-refractivity contribution is 6.30. The van der Waals surface area contributed by atoms with Gasteiger partial charge in [0.1, 0.15) is 0 Å². The van der Waals surface area contributed by atoms with E-state index in [0.29, 0.717) is 11.8 Å². The first kappa shape index (κ1) is 9.68. The molecule has 0 heterocycles. The average molecular weight is 221 g/mol. The smallest absolute Gasteiger partial charge is 0.0406 e. The summed E-state index contributed by atoms with van der Waals surface area (Å²) in [6.07, 6.45) is 5.94. The summed E-state index contributed by atoms with van der Waals surface area (Å²) in [6, 6.07) is 8.17. The van der Waals surface area contributed by atoms with Crippen molar-refractivity contribution in [3.05, 3.63) is 41.3 Å². The van der Waals surface area contributed by atoms with Crippen LogP contribution in [0.15, 0.2) is 24.3 Å². The molecule has 0 aliphatic heterocycles. The third-order valence-corrected chi connectivity index (χ3v) is 4.20. The predicted octanol–water partition coefficient (Wildman–Crippen LogP) is 3.14. The minimum absolute atomic E-state index is 0.0494. The van der Waals surface area contributed by atoms with Gasteiger partial charge in [0.2, 0.25) is 0 Å². The molecule has 2 aliphatic rings. The quantitative estimate of drug-likeness (QED) is 0.814. The molecule has 3 rings (SSSR count). The van der Waals surface area contributed by atoms with Gasteiger partial charge < -0.3 is 5.73 Å². The van der Waals surface area contributed by atoms with Crippen molar-refractivity contribution in [2.75, 3.05) is 0 Å². The molecule has 1 nitrogen and oxygen atoms in total. The van der Waals surface area contributed by atoms with Crippen LogP contribution in [0.25, 0.3) is 0 Å². The van der Waals surface area contributed by atoms with Crippen LogP contribution in [0.5, 0.6) is 0 Å². The molecule has 1 aromatic carbocycles. The minimum Gasteiger partial charge on any atom is -0.324 e. The SMILES string of the molecule is NC1(C2[CH]C2)CCC1c1ccc(Cl)cc1. The second kappa shape index (κ2) is 3.23. The zero-order chi connectivity index (χ0) is 10.5. The van der Waals surface area contributed by atoms with E-state index in [-0.39, 0.29) is 5.54 Å². The lowest BCUT2D eigenvalue weighted by molar-refractivity contribution is 0.171. The molecule has 2 saturated carbocycles. The number of rotatable bonds is 2. The van der Waals surface area contributed by atoms with Crippen LogP contribution in [0, 0.1) is 12.3 Å². The van der Waals surface area contributed by atoms with Crippen molar-refractivity contribution in [2.24, 2.45) is 11.7 Å². The van der Waals surface area contributed by atoms with Crippen LogP contribution in [0.2, 0.25) is 5.02 Å². The highest BCUT2D eigenvalue weighted by atomic mass is 35.5. The Hall–Kier alpha value is -0.530. The monoisotopic (exact) mass is 220 g/mol. The van der Waals surface area contributed by atoms with Gasteiger partial charge in [0, 0.05) is 16.5 Å². The van der Waals surface area contributed by atoms with Crippen molar-refractivity contribution in [2.45, 2.75) is 30.7 Å². The maximum atomic E-state index is 6.46. The van der Waals surface area contributed by atoms with Gasteiger partial charge >= 0.3 is 0 Å². The molecule has 3 unspecified atom stereocenters. The Kier molecular flexibility index (Phi) is 2.08. The van der Waals surface area contributed by atoms with Crippen LogP contribution in [-0.2, 0) is 0 Å². The van der Waals surface area contributed by atoms with Crippen molar-refractivity contribution in [1.29, 1.82) is 0 Å². The molecule has 0 saturated heterocycles. The van der Waals surface area contributed by atoms with Gasteiger partial charge in [0.25, 0.3) is 0 Å². The largest absolute Gasteiger partial charge is 0.324 e. The Morgan fingerprint density at radius 3 is 2.40 bits per heavy atom. The number of benzene rings is 1. The fourth-order valence-electron chi connectivity index (χ4n) is 2.74. The second-order valence-corrected chi connectivity index (χ2v) is 5.27. The molecular weight excluding hydrogens is 206 g/mol. The van der Waals surface area contributed by atoms with Gasteiger partial charge in [-0.3, -0.25) is 0 Å². The number of hydrogen-bond acceptors (Lipinski definition) is 1. The van der Waals surface area contributed by atoms with E-state index in [2.05, 4.69) is 18.6 Å². The normalized spacial score (nSPS) is 34.9. The first-order valence-electron chi connectivity index (χ1n) is 5.58. The first-order valence-corrected chi connectivity index (χ1v) is 5.95. The standard InChI is InChI=1S/C13H15ClN/c14-11-5-1-9(2-6-11)12-7-8-13(12,15)10-3-4-10/h1-3,5-6,10,12H,4,7-8,15H2. The van der Waals surface area contributed by atoms with E-state index in [1.165, 1.54) is 24.8 Å². The maximum absolute atomic E-state index is 6.46. The summed E-state index contributed by atoms with van der Waals surface area (Å²) in [5, 5.41) is 0.804. The van der Waals surface area contributed by atoms with Crippen molar-refractivity contribution in [1.82, 2.24) is 0 Å². The fourth-order valence-corrected chi connectivity index (χ4v) is 2.87. The topological polar surface area (TPSA) is 26.0 Å². The Balaban J connectivity index is 1.85. The molecule has 1 radical (unpaired) electrons. The highest BCUT2D eigenvalue weighted by Gasteiger charge is 2.53. The lowest BCUT2D eigenvalue weighted by Gasteiger charge is -2.48. The molecule has 79 valence electrons. The molecule has 0 amide bonds. The molecule has 2 N–H and O–H groups in total. The van der Waals surface area contributed by atoms with Crippen molar-refractivity contribution in [3.63, 3.8) is 0 Å². The van der Waals surface area contributed by atoms with Crippen LogP contribution in [-0.4, -0.2) is 5.54 Å². The number of halogens is 1. The van der Waals surface area contributed by atoms with Gasteiger partial charge in [-0.1, -0.05) is 23.7 Å². The molecule has 2 fully saturated rings. The molecule has 0 spiro atoms. The van der Waals surface area contributed by atoms with Gasteiger partial charge in [-0.25, -0.2) is 0 Å². The number of hydrogen-bond donors (Lipinski definition) is 1. The summed E-state index contributed by atoms with van der Waals surface area (Å²) in [7, 11) is 0. The zero-order valence-electron chi connectivity index (χ0n) is 8.62.